The number of nitrogens with one attached hydrogen (secondary N) is 1. The third-order valence-corrected chi connectivity index (χ3v) is 2.91. The number of hydrogen-bond acceptors (Lipinski definition) is 5. The lowest BCUT2D eigenvalue weighted by Crippen LogP contribution is -2.01. The van der Waals surface area contributed by atoms with Gasteiger partial charge in [0.25, 0.3) is 0 Å². The zero-order valence-corrected chi connectivity index (χ0v) is 11.6. The van der Waals surface area contributed by atoms with Gasteiger partial charge in [0.1, 0.15) is 17.9 Å². The van der Waals surface area contributed by atoms with Crippen molar-refractivity contribution in [3.05, 3.63) is 47.5 Å². The highest BCUT2D eigenvalue weighted by Crippen LogP contribution is 2.31. The van der Waals surface area contributed by atoms with Crippen LogP contribution in [-0.4, -0.2) is 6.61 Å². The fourth-order valence-corrected chi connectivity index (χ4v) is 1.90. The summed E-state index contributed by atoms with van der Waals surface area (Å²) in [5.74, 6) is 0.608. The Morgan fingerprint density at radius 3 is 2.57 bits per heavy atom. The highest BCUT2D eigenvalue weighted by atomic mass is 16.5. The largest absolute Gasteiger partial charge is 0.492 e. The van der Waals surface area contributed by atoms with Gasteiger partial charge in [0.05, 0.1) is 29.1 Å². The molecule has 5 heteroatoms. The molecular weight excluding hydrogens is 264 g/mol. The van der Waals surface area contributed by atoms with Gasteiger partial charge in [-0.25, -0.2) is 0 Å². The van der Waals surface area contributed by atoms with Gasteiger partial charge in [0.2, 0.25) is 0 Å². The Morgan fingerprint density at radius 2 is 1.90 bits per heavy atom. The normalized spacial score (nSPS) is 9.48. The van der Waals surface area contributed by atoms with Crippen molar-refractivity contribution in [1.82, 2.24) is 0 Å². The van der Waals surface area contributed by atoms with Crippen LogP contribution in [-0.2, 0) is 0 Å². The van der Waals surface area contributed by atoms with E-state index in [1.165, 1.54) is 0 Å². The molecule has 2 aromatic carbocycles. The summed E-state index contributed by atoms with van der Waals surface area (Å²) >= 11 is 0. The summed E-state index contributed by atoms with van der Waals surface area (Å²) in [5.41, 5.74) is 8.58. The van der Waals surface area contributed by atoms with Crippen LogP contribution in [0, 0.1) is 22.7 Å². The van der Waals surface area contributed by atoms with E-state index >= 15 is 0 Å². The Bertz CT molecular complexity index is 741. The number of para-hydroxylation sites is 1. The summed E-state index contributed by atoms with van der Waals surface area (Å²) in [6, 6.07) is 14.4. The molecule has 2 aromatic rings. The predicted octanol–water partition coefficient (Wildman–Crippen LogP) is 3.15. The van der Waals surface area contributed by atoms with E-state index in [4.69, 9.17) is 21.0 Å². The fourth-order valence-electron chi connectivity index (χ4n) is 1.90. The minimum atomic E-state index is 0.321. The lowest BCUT2D eigenvalue weighted by atomic mass is 10.1. The second-order valence-electron chi connectivity index (χ2n) is 4.26. The first-order valence-electron chi connectivity index (χ1n) is 6.42. The average Bonchev–Trinajstić information content (AvgIpc) is 2.51. The number of nitrogens with two attached hydrogens (primary N) is 1. The summed E-state index contributed by atoms with van der Waals surface area (Å²) in [6.45, 7) is 2.42. The van der Waals surface area contributed by atoms with Crippen LogP contribution in [0.5, 0.6) is 5.75 Å². The molecule has 0 heterocycles. The molecule has 0 amide bonds. The van der Waals surface area contributed by atoms with Gasteiger partial charge in [-0.15, -0.1) is 0 Å². The van der Waals surface area contributed by atoms with Gasteiger partial charge in [-0.2, -0.15) is 10.5 Å². The summed E-state index contributed by atoms with van der Waals surface area (Å²) in [5, 5.41) is 21.1. The predicted molar refractivity (Wildman–Crippen MR) is 81.2 cm³/mol. The van der Waals surface area contributed by atoms with E-state index in [0.29, 0.717) is 40.5 Å². The van der Waals surface area contributed by atoms with Crippen LogP contribution in [0.3, 0.4) is 0 Å². The maximum atomic E-state index is 9.04. The van der Waals surface area contributed by atoms with E-state index in [0.717, 1.165) is 0 Å². The standard InChI is InChI=1S/C16H14N4O/c1-2-21-15-5-3-4-14(16(15)19)20-13-7-6-11(9-17)12(8-13)10-18/h3-8,20H,2,19H2,1H3. The zero-order chi connectivity index (χ0) is 15.2. The van der Waals surface area contributed by atoms with Crippen molar-refractivity contribution in [3.8, 4) is 17.9 Å². The SMILES string of the molecule is CCOc1cccc(Nc2ccc(C#N)c(C#N)c2)c1N. The molecule has 0 spiro atoms. The van der Waals surface area contributed by atoms with Crippen LogP contribution in [0.25, 0.3) is 0 Å². The number of nitrogens with zero attached hydrogens (tertiary/aromatic N) is 2. The van der Waals surface area contributed by atoms with Crippen molar-refractivity contribution < 1.29 is 4.74 Å². The first kappa shape index (κ1) is 14.2. The maximum absolute atomic E-state index is 9.04. The molecule has 0 unspecified atom stereocenters. The van der Waals surface area contributed by atoms with Gasteiger partial charge < -0.3 is 15.8 Å². The highest BCUT2D eigenvalue weighted by Gasteiger charge is 2.08. The molecule has 0 saturated carbocycles. The molecule has 21 heavy (non-hydrogen) atoms. The summed E-state index contributed by atoms with van der Waals surface area (Å²) in [6.07, 6.45) is 0. The molecular formula is C16H14N4O. The third-order valence-electron chi connectivity index (χ3n) is 2.91. The molecule has 0 aliphatic carbocycles. The molecule has 0 fully saturated rings. The summed E-state index contributed by atoms with van der Waals surface area (Å²) in [4.78, 5) is 0. The number of nitrogen functional groups attached to an aromatic ring is 1. The quantitative estimate of drug-likeness (QED) is 0.837. The minimum absolute atomic E-state index is 0.321. The third kappa shape index (κ3) is 3.05. The Balaban J connectivity index is 2.33. The number of nitriles is 2. The molecule has 0 saturated heterocycles. The molecule has 0 radical (unpaired) electrons. The number of benzene rings is 2. The topological polar surface area (TPSA) is 94.9 Å². The molecule has 3 N–H and O–H groups in total. The monoisotopic (exact) mass is 278 g/mol. The number of anilines is 3. The Kier molecular flexibility index (Phi) is 4.28. The Labute approximate surface area is 123 Å². The van der Waals surface area contributed by atoms with Crippen LogP contribution in [0.1, 0.15) is 18.1 Å². The summed E-state index contributed by atoms with van der Waals surface area (Å²) in [7, 11) is 0. The van der Waals surface area contributed by atoms with E-state index in [9.17, 15) is 0 Å². The zero-order valence-electron chi connectivity index (χ0n) is 11.6. The van der Waals surface area contributed by atoms with Gasteiger partial charge in [-0.1, -0.05) is 6.07 Å². The van der Waals surface area contributed by atoms with Gasteiger partial charge in [-0.3, -0.25) is 0 Å². The molecule has 0 aromatic heterocycles. The lowest BCUT2D eigenvalue weighted by Gasteiger charge is -2.13. The Morgan fingerprint density at radius 1 is 1.14 bits per heavy atom. The van der Waals surface area contributed by atoms with Crippen molar-refractivity contribution >= 4 is 17.1 Å². The maximum Gasteiger partial charge on any atom is 0.144 e. The van der Waals surface area contributed by atoms with E-state index in [1.54, 1.807) is 24.3 Å². The first-order valence-corrected chi connectivity index (χ1v) is 6.42. The smallest absolute Gasteiger partial charge is 0.144 e. The van der Waals surface area contributed by atoms with E-state index in [-0.39, 0.29) is 0 Å². The van der Waals surface area contributed by atoms with Crippen molar-refractivity contribution in [2.75, 3.05) is 17.7 Å². The van der Waals surface area contributed by atoms with E-state index in [2.05, 4.69) is 5.32 Å². The molecule has 0 aliphatic rings. The van der Waals surface area contributed by atoms with Crippen molar-refractivity contribution in [3.63, 3.8) is 0 Å². The van der Waals surface area contributed by atoms with Crippen molar-refractivity contribution in [2.24, 2.45) is 0 Å². The van der Waals surface area contributed by atoms with Crippen LogP contribution in [0.2, 0.25) is 0 Å². The van der Waals surface area contributed by atoms with Crippen molar-refractivity contribution in [2.45, 2.75) is 6.92 Å². The Hall–Kier alpha value is -3.18. The van der Waals surface area contributed by atoms with Crippen LogP contribution >= 0.6 is 0 Å². The molecule has 0 atom stereocenters. The van der Waals surface area contributed by atoms with Crippen LogP contribution < -0.4 is 15.8 Å². The molecule has 104 valence electrons. The van der Waals surface area contributed by atoms with E-state index in [1.807, 2.05) is 31.2 Å². The second kappa shape index (κ2) is 6.31. The summed E-state index contributed by atoms with van der Waals surface area (Å²) < 4.78 is 5.44. The molecule has 2 rings (SSSR count). The van der Waals surface area contributed by atoms with Crippen LogP contribution in [0.15, 0.2) is 36.4 Å². The van der Waals surface area contributed by atoms with Gasteiger partial charge >= 0.3 is 0 Å². The van der Waals surface area contributed by atoms with Gasteiger partial charge in [0.15, 0.2) is 0 Å². The first-order chi connectivity index (χ1) is 10.2. The van der Waals surface area contributed by atoms with Gasteiger partial charge in [-0.05, 0) is 37.3 Å². The van der Waals surface area contributed by atoms with Crippen LogP contribution in [0.4, 0.5) is 17.1 Å². The van der Waals surface area contributed by atoms with Crippen molar-refractivity contribution in [1.29, 1.82) is 10.5 Å². The molecule has 0 aliphatic heterocycles. The highest BCUT2D eigenvalue weighted by molar-refractivity contribution is 5.78. The number of ether oxygens (including phenoxy) is 1. The molecule has 0 bridgehead atoms. The number of hydrogen-bond donors (Lipinski definition) is 2. The molecule has 5 nitrogen and oxygen atoms in total. The van der Waals surface area contributed by atoms with E-state index < -0.39 is 0 Å². The van der Waals surface area contributed by atoms with Gasteiger partial charge in [0, 0.05) is 5.69 Å². The minimum Gasteiger partial charge on any atom is -0.492 e. The number of rotatable bonds is 4. The fraction of sp³-hybridized carbons (Fsp3) is 0.125. The lowest BCUT2D eigenvalue weighted by molar-refractivity contribution is 0.342. The average molecular weight is 278 g/mol. The second-order valence-corrected chi connectivity index (χ2v) is 4.26.